The Morgan fingerprint density at radius 2 is 1.60 bits per heavy atom. The molecule has 4 aliphatic rings. The third kappa shape index (κ3) is 2.90. The first-order valence-corrected chi connectivity index (χ1v) is 10.8. The fourth-order valence-corrected chi connectivity index (χ4v) is 5.30. The van der Waals surface area contributed by atoms with E-state index >= 15 is 0 Å². The number of nitro benzene ring substituents is 2. The number of aromatic nitrogens is 3. The molecule has 2 aromatic carbocycles. The first-order chi connectivity index (χ1) is 16.9. The maximum absolute atomic E-state index is 13.3. The van der Waals surface area contributed by atoms with E-state index in [2.05, 4.69) is 10.5 Å². The van der Waals surface area contributed by atoms with E-state index in [0.29, 0.717) is 17.8 Å². The third-order valence-electron chi connectivity index (χ3n) is 6.90. The lowest BCUT2D eigenvalue weighted by atomic mass is 9.61. The maximum Gasteiger partial charge on any atom is 0.352 e. The van der Waals surface area contributed by atoms with Gasteiger partial charge in [-0.1, -0.05) is 30.4 Å². The molecule has 13 heteroatoms. The summed E-state index contributed by atoms with van der Waals surface area (Å²) in [5.74, 6) is -0.0977. The molecule has 7 rings (SSSR count). The fourth-order valence-electron chi connectivity index (χ4n) is 5.30. The van der Waals surface area contributed by atoms with E-state index in [1.54, 1.807) is 30.3 Å². The number of hydrogen-bond donors (Lipinski definition) is 1. The SMILES string of the molecule is O=c1n(-c2ccccc2)c(=O)n2n1C1C=CC2C2C(=NNc3ccc([N+](=O)[O-])cc3[N+](=O)[O-])CC21. The molecule has 35 heavy (non-hydrogen) atoms. The Kier molecular flexibility index (Phi) is 4.36. The number of rotatable bonds is 5. The summed E-state index contributed by atoms with van der Waals surface area (Å²) in [6.45, 7) is 0. The second kappa shape index (κ2) is 7.35. The number of hydrogen-bond acceptors (Lipinski definition) is 8. The van der Waals surface area contributed by atoms with Crippen molar-refractivity contribution in [3.05, 3.63) is 102 Å². The standard InChI is InChI=1S/C22H17N7O6/c30-21-25(12-4-2-1-3-5-12)22(31)27-18-9-8-17(26(21)27)14-11-16(20(14)18)24-23-15-7-6-13(28(32)33)10-19(15)29(34)35/h1-10,14,17-18,20,23H,11H2. The van der Waals surface area contributed by atoms with Crippen molar-refractivity contribution in [1.29, 1.82) is 0 Å². The summed E-state index contributed by atoms with van der Waals surface area (Å²) in [6.07, 6.45) is 4.37. The van der Waals surface area contributed by atoms with Gasteiger partial charge in [-0.15, -0.1) is 0 Å². The predicted octanol–water partition coefficient (Wildman–Crippen LogP) is 2.39. The minimum atomic E-state index is -0.713. The van der Waals surface area contributed by atoms with E-state index in [1.807, 2.05) is 12.2 Å². The van der Waals surface area contributed by atoms with Crippen molar-refractivity contribution in [2.45, 2.75) is 18.5 Å². The highest BCUT2D eigenvalue weighted by Gasteiger charge is 2.55. The molecule has 1 fully saturated rings. The van der Waals surface area contributed by atoms with Crippen LogP contribution in [0.4, 0.5) is 17.1 Å². The Balaban J connectivity index is 1.35. The molecular formula is C22H17N7O6. The molecule has 2 bridgehead atoms. The first kappa shape index (κ1) is 20.8. The van der Waals surface area contributed by atoms with Crippen LogP contribution in [0.15, 0.2) is 75.4 Å². The molecule has 2 aliphatic heterocycles. The van der Waals surface area contributed by atoms with Gasteiger partial charge in [0, 0.05) is 23.6 Å². The van der Waals surface area contributed by atoms with Crippen molar-refractivity contribution in [3.63, 3.8) is 0 Å². The molecule has 0 saturated heterocycles. The molecular weight excluding hydrogens is 458 g/mol. The van der Waals surface area contributed by atoms with Crippen LogP contribution in [0.5, 0.6) is 0 Å². The molecule has 4 unspecified atom stereocenters. The molecule has 1 N–H and O–H groups in total. The van der Waals surface area contributed by atoms with Crippen LogP contribution >= 0.6 is 0 Å². The number of hydrazone groups is 1. The van der Waals surface area contributed by atoms with Crippen molar-refractivity contribution in [2.75, 3.05) is 5.43 Å². The third-order valence-corrected chi connectivity index (χ3v) is 6.90. The van der Waals surface area contributed by atoms with Crippen LogP contribution in [0.1, 0.15) is 18.5 Å². The number of nitro groups is 2. The predicted molar refractivity (Wildman–Crippen MR) is 124 cm³/mol. The van der Waals surface area contributed by atoms with E-state index in [4.69, 9.17) is 0 Å². The molecule has 3 heterocycles. The maximum atomic E-state index is 13.3. The van der Waals surface area contributed by atoms with Crippen LogP contribution in [0.25, 0.3) is 5.69 Å². The van der Waals surface area contributed by atoms with Gasteiger partial charge >= 0.3 is 17.1 Å². The number of nitrogens with one attached hydrogen (secondary N) is 1. The minimum absolute atomic E-state index is 0.0253. The van der Waals surface area contributed by atoms with Gasteiger partial charge in [-0.05, 0) is 24.6 Å². The molecule has 1 aromatic heterocycles. The van der Waals surface area contributed by atoms with E-state index in [-0.39, 0.29) is 23.6 Å². The topological polar surface area (TPSA) is 160 Å². The zero-order valence-corrected chi connectivity index (χ0v) is 17.9. The van der Waals surface area contributed by atoms with Gasteiger partial charge < -0.3 is 0 Å². The van der Waals surface area contributed by atoms with Gasteiger partial charge in [0.15, 0.2) is 0 Å². The average Bonchev–Trinajstić information content (AvgIpc) is 3.11. The summed E-state index contributed by atoms with van der Waals surface area (Å²) in [6, 6.07) is 11.3. The largest absolute Gasteiger partial charge is 0.352 e. The van der Waals surface area contributed by atoms with E-state index < -0.39 is 38.6 Å². The molecule has 13 nitrogen and oxygen atoms in total. The Morgan fingerprint density at radius 3 is 2.29 bits per heavy atom. The number of non-ortho nitro benzene ring substituents is 1. The average molecular weight is 475 g/mol. The number of allylic oxidation sites excluding steroid dienone is 2. The number of para-hydroxylation sites is 1. The van der Waals surface area contributed by atoms with Crippen LogP contribution in [0.2, 0.25) is 0 Å². The zero-order chi connectivity index (χ0) is 24.4. The molecule has 0 radical (unpaired) electrons. The van der Waals surface area contributed by atoms with Crippen molar-refractivity contribution in [3.8, 4) is 5.69 Å². The summed E-state index contributed by atoms with van der Waals surface area (Å²) >= 11 is 0. The molecule has 4 atom stereocenters. The lowest BCUT2D eigenvalue weighted by molar-refractivity contribution is -0.393. The smallest absolute Gasteiger partial charge is 0.272 e. The van der Waals surface area contributed by atoms with Crippen molar-refractivity contribution in [1.82, 2.24) is 13.9 Å². The van der Waals surface area contributed by atoms with Gasteiger partial charge in [-0.2, -0.15) is 5.10 Å². The Morgan fingerprint density at radius 1 is 0.914 bits per heavy atom. The number of nitrogens with zero attached hydrogens (tertiary/aromatic N) is 6. The second-order valence-corrected chi connectivity index (χ2v) is 8.62. The van der Waals surface area contributed by atoms with Crippen molar-refractivity contribution < 1.29 is 9.85 Å². The summed E-state index contributed by atoms with van der Waals surface area (Å²) in [5.41, 5.74) is 2.20. The summed E-state index contributed by atoms with van der Waals surface area (Å²) in [4.78, 5) is 47.4. The minimum Gasteiger partial charge on any atom is -0.272 e. The zero-order valence-electron chi connectivity index (χ0n) is 17.9. The van der Waals surface area contributed by atoms with Gasteiger partial charge in [0.05, 0.1) is 33.7 Å². The van der Waals surface area contributed by atoms with Gasteiger partial charge in [-0.25, -0.2) is 23.5 Å². The van der Waals surface area contributed by atoms with Gasteiger partial charge in [0.2, 0.25) is 0 Å². The van der Waals surface area contributed by atoms with Crippen LogP contribution in [0.3, 0.4) is 0 Å². The molecule has 3 aromatic rings. The van der Waals surface area contributed by atoms with Gasteiger partial charge in [-0.3, -0.25) is 25.7 Å². The first-order valence-electron chi connectivity index (χ1n) is 10.8. The van der Waals surface area contributed by atoms with Crippen LogP contribution in [-0.4, -0.2) is 29.5 Å². The summed E-state index contributed by atoms with van der Waals surface area (Å²) < 4.78 is 4.13. The normalized spacial score (nSPS) is 24.5. The lowest BCUT2D eigenvalue weighted by Gasteiger charge is -2.52. The molecule has 0 spiro atoms. The van der Waals surface area contributed by atoms with Gasteiger partial charge in [0.1, 0.15) is 5.69 Å². The summed E-state index contributed by atoms with van der Waals surface area (Å²) in [5, 5.41) is 26.7. The quantitative estimate of drug-likeness (QED) is 0.337. The highest BCUT2D eigenvalue weighted by molar-refractivity contribution is 5.94. The molecule has 1 saturated carbocycles. The Bertz CT molecular complexity index is 1580. The van der Waals surface area contributed by atoms with Crippen LogP contribution in [0, 0.1) is 32.1 Å². The lowest BCUT2D eigenvalue weighted by Crippen LogP contribution is -2.57. The van der Waals surface area contributed by atoms with E-state index in [9.17, 15) is 29.8 Å². The van der Waals surface area contributed by atoms with E-state index in [0.717, 1.165) is 16.7 Å². The van der Waals surface area contributed by atoms with Crippen molar-refractivity contribution in [2.24, 2.45) is 16.9 Å². The van der Waals surface area contributed by atoms with Crippen LogP contribution < -0.4 is 16.8 Å². The Labute approximate surface area is 195 Å². The second-order valence-electron chi connectivity index (χ2n) is 8.62. The highest BCUT2D eigenvalue weighted by Crippen LogP contribution is 2.52. The number of anilines is 1. The van der Waals surface area contributed by atoms with Crippen molar-refractivity contribution >= 4 is 22.8 Å². The molecule has 0 amide bonds. The van der Waals surface area contributed by atoms with Gasteiger partial charge in [0.25, 0.3) is 5.69 Å². The number of benzene rings is 2. The Hall–Kier alpha value is -4.81. The fraction of sp³-hybridized carbons (Fsp3) is 0.227. The highest BCUT2D eigenvalue weighted by atomic mass is 16.6. The van der Waals surface area contributed by atoms with Crippen LogP contribution in [-0.2, 0) is 0 Å². The molecule has 2 aliphatic carbocycles. The monoisotopic (exact) mass is 475 g/mol. The molecule has 176 valence electrons. The van der Waals surface area contributed by atoms with E-state index in [1.165, 1.54) is 15.4 Å². The summed E-state index contributed by atoms with van der Waals surface area (Å²) in [7, 11) is 0.